The molecule has 0 bridgehead atoms. The van der Waals surface area contributed by atoms with Crippen LogP contribution in [0.4, 0.5) is 14.9 Å². The molecule has 1 aliphatic rings. The third-order valence-corrected chi connectivity index (χ3v) is 3.47. The van der Waals surface area contributed by atoms with E-state index < -0.39 is 5.82 Å². The number of thioether (sulfide) groups is 1. The van der Waals surface area contributed by atoms with Crippen molar-refractivity contribution >= 4 is 29.4 Å². The fraction of sp³-hybridized carbons (Fsp3) is 0.273. The van der Waals surface area contributed by atoms with Crippen molar-refractivity contribution in [2.24, 2.45) is 0 Å². The minimum atomic E-state index is -0.508. The number of nitrogens with one attached hydrogen (secondary N) is 1. The van der Waals surface area contributed by atoms with Gasteiger partial charge in [0.2, 0.25) is 5.91 Å². The van der Waals surface area contributed by atoms with Gasteiger partial charge in [-0.25, -0.2) is 9.18 Å². The molecule has 96 valence electrons. The largest absolute Gasteiger partial charge is 0.396 e. The van der Waals surface area contributed by atoms with Gasteiger partial charge < -0.3 is 11.1 Å². The molecule has 3 amide bonds. The van der Waals surface area contributed by atoms with Crippen LogP contribution in [0, 0.1) is 5.82 Å². The third-order valence-electron chi connectivity index (χ3n) is 2.49. The summed E-state index contributed by atoms with van der Waals surface area (Å²) in [5.74, 6) is -0.699. The highest BCUT2D eigenvalue weighted by Crippen LogP contribution is 2.22. The number of urea groups is 1. The maximum absolute atomic E-state index is 13.2. The Morgan fingerprint density at radius 1 is 1.56 bits per heavy atom. The number of rotatable bonds is 3. The number of halogens is 1. The van der Waals surface area contributed by atoms with Gasteiger partial charge in [-0.3, -0.25) is 9.69 Å². The minimum Gasteiger partial charge on any atom is -0.396 e. The number of nitrogens with zero attached hydrogens (tertiary/aromatic N) is 1. The first kappa shape index (κ1) is 12.7. The number of amides is 3. The second-order valence-electron chi connectivity index (χ2n) is 3.75. The zero-order chi connectivity index (χ0) is 13.1. The number of benzene rings is 1. The van der Waals surface area contributed by atoms with Crippen LogP contribution in [0.5, 0.6) is 0 Å². The summed E-state index contributed by atoms with van der Waals surface area (Å²) >= 11 is 1.17. The second-order valence-corrected chi connectivity index (χ2v) is 4.80. The number of nitrogens with two attached hydrogens (primary N) is 1. The highest BCUT2D eigenvalue weighted by Gasteiger charge is 2.25. The summed E-state index contributed by atoms with van der Waals surface area (Å²) in [4.78, 5) is 24.7. The van der Waals surface area contributed by atoms with E-state index in [1.807, 2.05) is 0 Å². The molecular formula is C11H12FN3O2S. The van der Waals surface area contributed by atoms with E-state index in [0.717, 1.165) is 4.90 Å². The first-order valence-corrected chi connectivity index (χ1v) is 6.32. The third kappa shape index (κ3) is 2.73. The maximum Gasteiger partial charge on any atom is 0.324 e. The Kier molecular flexibility index (Phi) is 3.71. The van der Waals surface area contributed by atoms with Gasteiger partial charge in [-0.2, -0.15) is 0 Å². The van der Waals surface area contributed by atoms with Gasteiger partial charge in [0.15, 0.2) is 0 Å². The van der Waals surface area contributed by atoms with Gasteiger partial charge in [0.1, 0.15) is 5.82 Å². The monoisotopic (exact) mass is 269 g/mol. The zero-order valence-corrected chi connectivity index (χ0v) is 10.3. The molecular weight excluding hydrogens is 257 g/mol. The van der Waals surface area contributed by atoms with Gasteiger partial charge in [-0.15, -0.1) is 11.8 Å². The molecule has 0 spiro atoms. The first-order chi connectivity index (χ1) is 8.58. The van der Waals surface area contributed by atoms with Crippen LogP contribution < -0.4 is 11.1 Å². The SMILES string of the molecule is Nc1ccc(SCC(=O)N2CCNC2=O)cc1F. The van der Waals surface area contributed by atoms with Crippen LogP contribution in [-0.4, -0.2) is 35.7 Å². The summed E-state index contributed by atoms with van der Waals surface area (Å²) in [6.07, 6.45) is 0. The van der Waals surface area contributed by atoms with Crippen LogP contribution in [0.2, 0.25) is 0 Å². The molecule has 0 aromatic heterocycles. The standard InChI is InChI=1S/C11H12FN3O2S/c12-8-5-7(1-2-9(8)13)18-6-10(16)15-4-3-14-11(15)17/h1-2,5H,3-4,6,13H2,(H,14,17). The van der Waals surface area contributed by atoms with Gasteiger partial charge in [0, 0.05) is 18.0 Å². The fourth-order valence-electron chi connectivity index (χ4n) is 1.53. The number of imide groups is 1. The average molecular weight is 269 g/mol. The van der Waals surface area contributed by atoms with Gasteiger partial charge in [0.25, 0.3) is 0 Å². The summed E-state index contributed by atoms with van der Waals surface area (Å²) in [7, 11) is 0. The Labute approximate surface area is 108 Å². The van der Waals surface area contributed by atoms with Gasteiger partial charge in [0.05, 0.1) is 11.4 Å². The second kappa shape index (κ2) is 5.26. The van der Waals surface area contributed by atoms with Crippen LogP contribution >= 0.6 is 11.8 Å². The van der Waals surface area contributed by atoms with Crippen LogP contribution in [0.25, 0.3) is 0 Å². The van der Waals surface area contributed by atoms with Crippen molar-refractivity contribution in [3.05, 3.63) is 24.0 Å². The van der Waals surface area contributed by atoms with Gasteiger partial charge in [-0.1, -0.05) is 0 Å². The summed E-state index contributed by atoms with van der Waals surface area (Å²) in [6, 6.07) is 3.99. The van der Waals surface area contributed by atoms with E-state index in [0.29, 0.717) is 18.0 Å². The van der Waals surface area contributed by atoms with Gasteiger partial charge in [-0.05, 0) is 18.2 Å². The molecule has 0 radical (unpaired) electrons. The van der Waals surface area contributed by atoms with E-state index in [1.54, 1.807) is 6.07 Å². The topological polar surface area (TPSA) is 75.4 Å². The van der Waals surface area contributed by atoms with E-state index in [-0.39, 0.29) is 23.4 Å². The van der Waals surface area contributed by atoms with Crippen molar-refractivity contribution in [1.29, 1.82) is 0 Å². The first-order valence-electron chi connectivity index (χ1n) is 5.34. The fourth-order valence-corrected chi connectivity index (χ4v) is 2.33. The lowest BCUT2D eigenvalue weighted by molar-refractivity contribution is -0.124. The maximum atomic E-state index is 13.2. The van der Waals surface area contributed by atoms with Crippen molar-refractivity contribution < 1.29 is 14.0 Å². The Bertz CT molecular complexity index is 495. The number of hydrogen-bond acceptors (Lipinski definition) is 4. The molecule has 0 aliphatic carbocycles. The Hall–Kier alpha value is -1.76. The van der Waals surface area contributed by atoms with Crippen molar-refractivity contribution in [3.8, 4) is 0 Å². The van der Waals surface area contributed by atoms with Crippen LogP contribution in [0.1, 0.15) is 0 Å². The molecule has 5 nitrogen and oxygen atoms in total. The molecule has 1 aromatic carbocycles. The van der Waals surface area contributed by atoms with Crippen LogP contribution in [0.3, 0.4) is 0 Å². The van der Waals surface area contributed by atoms with Gasteiger partial charge >= 0.3 is 6.03 Å². The Morgan fingerprint density at radius 3 is 2.94 bits per heavy atom. The summed E-state index contributed by atoms with van der Waals surface area (Å²) in [5.41, 5.74) is 5.42. The van der Waals surface area contributed by atoms with E-state index in [1.165, 1.54) is 23.9 Å². The van der Waals surface area contributed by atoms with Crippen LogP contribution in [-0.2, 0) is 4.79 Å². The number of carbonyl (C=O) groups is 2. The molecule has 3 N–H and O–H groups in total. The minimum absolute atomic E-state index is 0.0737. The van der Waals surface area contributed by atoms with E-state index in [4.69, 9.17) is 5.73 Å². The number of carbonyl (C=O) groups excluding carboxylic acids is 2. The molecule has 0 unspecified atom stereocenters. The average Bonchev–Trinajstić information content (AvgIpc) is 2.77. The molecule has 1 saturated heterocycles. The molecule has 2 rings (SSSR count). The molecule has 0 atom stereocenters. The zero-order valence-electron chi connectivity index (χ0n) is 9.48. The predicted octanol–water partition coefficient (Wildman–Crippen LogP) is 1.05. The van der Waals surface area contributed by atoms with Crippen molar-refractivity contribution in [2.45, 2.75) is 4.90 Å². The highest BCUT2D eigenvalue weighted by molar-refractivity contribution is 8.00. The molecule has 1 aliphatic heterocycles. The Morgan fingerprint density at radius 2 is 2.33 bits per heavy atom. The van der Waals surface area contributed by atoms with Crippen molar-refractivity contribution in [1.82, 2.24) is 10.2 Å². The lowest BCUT2D eigenvalue weighted by Gasteiger charge is -2.11. The van der Waals surface area contributed by atoms with E-state index >= 15 is 0 Å². The Balaban J connectivity index is 1.93. The summed E-state index contributed by atoms with van der Waals surface area (Å²) < 4.78 is 13.2. The summed E-state index contributed by atoms with van der Waals surface area (Å²) in [5, 5.41) is 2.55. The summed E-state index contributed by atoms with van der Waals surface area (Å²) in [6.45, 7) is 0.861. The lowest BCUT2D eigenvalue weighted by atomic mass is 10.3. The quantitative estimate of drug-likeness (QED) is 0.635. The smallest absolute Gasteiger partial charge is 0.324 e. The normalized spacial score (nSPS) is 14.7. The number of anilines is 1. The van der Waals surface area contributed by atoms with Crippen molar-refractivity contribution in [3.63, 3.8) is 0 Å². The highest BCUT2D eigenvalue weighted by atomic mass is 32.2. The molecule has 7 heteroatoms. The molecule has 1 fully saturated rings. The number of hydrogen-bond donors (Lipinski definition) is 2. The van der Waals surface area contributed by atoms with E-state index in [9.17, 15) is 14.0 Å². The predicted molar refractivity (Wildman–Crippen MR) is 66.6 cm³/mol. The van der Waals surface area contributed by atoms with Crippen LogP contribution in [0.15, 0.2) is 23.1 Å². The molecule has 0 saturated carbocycles. The van der Waals surface area contributed by atoms with E-state index in [2.05, 4.69) is 5.32 Å². The number of nitrogen functional groups attached to an aromatic ring is 1. The lowest BCUT2D eigenvalue weighted by Crippen LogP contribution is -2.35. The molecule has 1 heterocycles. The molecule has 18 heavy (non-hydrogen) atoms. The van der Waals surface area contributed by atoms with Crippen molar-refractivity contribution in [2.75, 3.05) is 24.6 Å². The molecule has 1 aromatic rings.